The van der Waals surface area contributed by atoms with E-state index in [0.29, 0.717) is 17.9 Å². The zero-order valence-electron chi connectivity index (χ0n) is 12.5. The number of amides is 1. The van der Waals surface area contributed by atoms with Gasteiger partial charge in [-0.25, -0.2) is 4.79 Å². The molecule has 1 aromatic heterocycles. The molecule has 0 bridgehead atoms. The van der Waals surface area contributed by atoms with Gasteiger partial charge in [-0.3, -0.25) is 4.79 Å². The Morgan fingerprint density at radius 3 is 2.83 bits per heavy atom. The molecule has 2 aromatic rings. The number of para-hydroxylation sites is 1. The van der Waals surface area contributed by atoms with Gasteiger partial charge in [-0.2, -0.15) is 0 Å². The molecule has 120 valence electrons. The number of nitrogens with one attached hydrogen (secondary N) is 1. The molecule has 1 unspecified atom stereocenters. The number of carbonyl (C=O) groups excluding carboxylic acids is 2. The average Bonchev–Trinajstić information content (AvgIpc) is 3.26. The first-order chi connectivity index (χ1) is 11.2. The second-order valence-electron chi connectivity index (χ2n) is 5.21. The van der Waals surface area contributed by atoms with Gasteiger partial charge in [0.15, 0.2) is 5.76 Å². The fourth-order valence-electron chi connectivity index (χ4n) is 2.38. The van der Waals surface area contributed by atoms with Crippen molar-refractivity contribution in [2.45, 2.75) is 18.9 Å². The van der Waals surface area contributed by atoms with Crippen LogP contribution in [0.1, 0.15) is 33.8 Å². The summed E-state index contributed by atoms with van der Waals surface area (Å²) in [5, 5.41) is 2.66. The smallest absolute Gasteiger partial charge is 0.340 e. The molecule has 0 saturated carbocycles. The maximum absolute atomic E-state index is 12.2. The SMILES string of the molecule is O=C(Nc1ccccc1C(=O)OCC1CCCO1)c1ccco1. The number of hydrogen-bond acceptors (Lipinski definition) is 5. The largest absolute Gasteiger partial charge is 0.459 e. The summed E-state index contributed by atoms with van der Waals surface area (Å²) in [4.78, 5) is 24.3. The fourth-order valence-corrected chi connectivity index (χ4v) is 2.38. The molecule has 2 heterocycles. The van der Waals surface area contributed by atoms with Gasteiger partial charge >= 0.3 is 5.97 Å². The van der Waals surface area contributed by atoms with E-state index in [1.165, 1.54) is 6.26 Å². The first-order valence-corrected chi connectivity index (χ1v) is 7.46. The maximum atomic E-state index is 12.2. The molecule has 1 aliphatic heterocycles. The number of hydrogen-bond donors (Lipinski definition) is 1. The third-order valence-electron chi connectivity index (χ3n) is 3.56. The van der Waals surface area contributed by atoms with Gasteiger partial charge in [0.1, 0.15) is 6.61 Å². The molecule has 0 aliphatic carbocycles. The van der Waals surface area contributed by atoms with Gasteiger partial charge in [0.05, 0.1) is 23.6 Å². The van der Waals surface area contributed by atoms with Crippen LogP contribution < -0.4 is 5.32 Å². The minimum Gasteiger partial charge on any atom is -0.459 e. The Kier molecular flexibility index (Phi) is 4.73. The molecule has 1 aliphatic rings. The van der Waals surface area contributed by atoms with E-state index in [2.05, 4.69) is 5.32 Å². The predicted molar refractivity (Wildman–Crippen MR) is 82.4 cm³/mol. The predicted octanol–water partition coefficient (Wildman–Crippen LogP) is 2.87. The second-order valence-corrected chi connectivity index (χ2v) is 5.21. The van der Waals surface area contributed by atoms with E-state index in [-0.39, 0.29) is 18.5 Å². The van der Waals surface area contributed by atoms with Gasteiger partial charge in [0, 0.05) is 6.61 Å². The van der Waals surface area contributed by atoms with Crippen molar-refractivity contribution in [2.24, 2.45) is 0 Å². The molecule has 0 radical (unpaired) electrons. The molecule has 1 atom stereocenters. The molecule has 6 nitrogen and oxygen atoms in total. The topological polar surface area (TPSA) is 77.8 Å². The summed E-state index contributed by atoms with van der Waals surface area (Å²) < 4.78 is 15.7. The molecule has 3 rings (SSSR count). The van der Waals surface area contributed by atoms with Crippen LogP contribution in [-0.4, -0.2) is 31.2 Å². The lowest BCUT2D eigenvalue weighted by atomic mass is 10.1. The third-order valence-corrected chi connectivity index (χ3v) is 3.56. The Morgan fingerprint density at radius 1 is 1.22 bits per heavy atom. The van der Waals surface area contributed by atoms with Gasteiger partial charge in [-0.05, 0) is 37.1 Å². The lowest BCUT2D eigenvalue weighted by Crippen LogP contribution is -2.19. The van der Waals surface area contributed by atoms with Gasteiger partial charge in [0.25, 0.3) is 5.91 Å². The highest BCUT2D eigenvalue weighted by Crippen LogP contribution is 2.19. The van der Waals surface area contributed by atoms with Crippen molar-refractivity contribution in [2.75, 3.05) is 18.5 Å². The van der Waals surface area contributed by atoms with Crippen LogP contribution in [0.3, 0.4) is 0 Å². The first kappa shape index (κ1) is 15.3. The monoisotopic (exact) mass is 315 g/mol. The Bertz CT molecular complexity index is 674. The number of furan rings is 1. The lowest BCUT2D eigenvalue weighted by molar-refractivity contribution is 0.0162. The summed E-state index contributed by atoms with van der Waals surface area (Å²) in [6.07, 6.45) is 3.25. The van der Waals surface area contributed by atoms with Crippen LogP contribution in [0, 0.1) is 0 Å². The summed E-state index contributed by atoms with van der Waals surface area (Å²) >= 11 is 0. The van der Waals surface area contributed by atoms with Gasteiger partial charge in [-0.1, -0.05) is 12.1 Å². The van der Waals surface area contributed by atoms with Crippen molar-refractivity contribution in [3.05, 3.63) is 54.0 Å². The summed E-state index contributed by atoms with van der Waals surface area (Å²) in [5.41, 5.74) is 0.677. The highest BCUT2D eigenvalue weighted by atomic mass is 16.6. The van der Waals surface area contributed by atoms with Crippen molar-refractivity contribution in [3.63, 3.8) is 0 Å². The van der Waals surface area contributed by atoms with Crippen LogP contribution in [0.15, 0.2) is 47.1 Å². The standard InChI is InChI=1S/C17H17NO5/c19-16(15-8-4-10-22-15)18-14-7-2-1-6-13(14)17(20)23-11-12-5-3-9-21-12/h1-2,4,6-8,10,12H,3,5,9,11H2,(H,18,19). The van der Waals surface area contributed by atoms with Gasteiger partial charge in [-0.15, -0.1) is 0 Å². The van der Waals surface area contributed by atoms with Crippen molar-refractivity contribution in [1.82, 2.24) is 0 Å². The van der Waals surface area contributed by atoms with Crippen LogP contribution in [-0.2, 0) is 9.47 Å². The van der Waals surface area contributed by atoms with Gasteiger partial charge in [0.2, 0.25) is 0 Å². The van der Waals surface area contributed by atoms with Crippen molar-refractivity contribution in [3.8, 4) is 0 Å². The van der Waals surface area contributed by atoms with Crippen LogP contribution in [0.2, 0.25) is 0 Å². The Balaban J connectivity index is 1.67. The van der Waals surface area contributed by atoms with Crippen LogP contribution in [0.5, 0.6) is 0 Å². The summed E-state index contributed by atoms with van der Waals surface area (Å²) in [6, 6.07) is 9.86. The molecule has 1 saturated heterocycles. The minimum absolute atomic E-state index is 0.0381. The maximum Gasteiger partial charge on any atom is 0.340 e. The second kappa shape index (κ2) is 7.11. The highest BCUT2D eigenvalue weighted by molar-refractivity contribution is 6.06. The number of anilines is 1. The number of benzene rings is 1. The molecule has 1 fully saturated rings. The quantitative estimate of drug-likeness (QED) is 0.858. The number of rotatable bonds is 5. The minimum atomic E-state index is -0.490. The molecule has 1 aromatic carbocycles. The average molecular weight is 315 g/mol. The first-order valence-electron chi connectivity index (χ1n) is 7.46. The summed E-state index contributed by atoms with van der Waals surface area (Å²) in [7, 11) is 0. The third kappa shape index (κ3) is 3.78. The molecule has 1 amide bonds. The Morgan fingerprint density at radius 2 is 2.09 bits per heavy atom. The van der Waals surface area contributed by atoms with Crippen LogP contribution in [0.4, 0.5) is 5.69 Å². The molecule has 1 N–H and O–H groups in total. The Hall–Kier alpha value is -2.60. The normalized spacial score (nSPS) is 17.0. The van der Waals surface area contributed by atoms with Crippen LogP contribution in [0.25, 0.3) is 0 Å². The number of carbonyl (C=O) groups is 2. The zero-order valence-corrected chi connectivity index (χ0v) is 12.5. The molecule has 6 heteroatoms. The van der Waals surface area contributed by atoms with E-state index in [0.717, 1.165) is 12.8 Å². The summed E-state index contributed by atoms with van der Waals surface area (Å²) in [5.74, 6) is -0.738. The number of esters is 1. The lowest BCUT2D eigenvalue weighted by Gasteiger charge is -2.12. The highest BCUT2D eigenvalue weighted by Gasteiger charge is 2.20. The molecular formula is C17H17NO5. The van der Waals surface area contributed by atoms with E-state index in [1.54, 1.807) is 36.4 Å². The fraction of sp³-hybridized carbons (Fsp3) is 0.294. The number of ether oxygens (including phenoxy) is 2. The van der Waals surface area contributed by atoms with E-state index in [1.807, 2.05) is 0 Å². The van der Waals surface area contributed by atoms with Crippen molar-refractivity contribution in [1.29, 1.82) is 0 Å². The van der Waals surface area contributed by atoms with E-state index in [9.17, 15) is 9.59 Å². The van der Waals surface area contributed by atoms with Crippen LogP contribution >= 0.6 is 0 Å². The molecule has 0 spiro atoms. The zero-order chi connectivity index (χ0) is 16.1. The Labute approximate surface area is 133 Å². The van der Waals surface area contributed by atoms with E-state index >= 15 is 0 Å². The summed E-state index contributed by atoms with van der Waals surface area (Å²) in [6.45, 7) is 0.928. The van der Waals surface area contributed by atoms with Crippen molar-refractivity contribution < 1.29 is 23.5 Å². The van der Waals surface area contributed by atoms with E-state index < -0.39 is 11.9 Å². The van der Waals surface area contributed by atoms with Gasteiger partial charge < -0.3 is 19.2 Å². The molecule has 23 heavy (non-hydrogen) atoms. The molecular weight excluding hydrogens is 298 g/mol. The van der Waals surface area contributed by atoms with E-state index in [4.69, 9.17) is 13.9 Å². The van der Waals surface area contributed by atoms with Crippen molar-refractivity contribution >= 4 is 17.6 Å².